The Morgan fingerprint density at radius 1 is 1.38 bits per heavy atom. The molecular formula is C12H16N2O2. The Balaban J connectivity index is 2.10. The third-order valence-electron chi connectivity index (χ3n) is 2.47. The van der Waals surface area contributed by atoms with Gasteiger partial charge in [0, 0.05) is 18.8 Å². The van der Waals surface area contributed by atoms with Gasteiger partial charge in [-0.2, -0.15) is 0 Å². The minimum Gasteiger partial charge on any atom is -0.462 e. The molecule has 0 atom stereocenters. The van der Waals surface area contributed by atoms with Crippen LogP contribution in [0, 0.1) is 0 Å². The lowest BCUT2D eigenvalue weighted by atomic mass is 10.3. The van der Waals surface area contributed by atoms with Gasteiger partial charge >= 0.3 is 0 Å². The highest BCUT2D eigenvalue weighted by molar-refractivity contribution is 5.08. The molecule has 0 radical (unpaired) electrons. The molecular weight excluding hydrogens is 204 g/mol. The van der Waals surface area contributed by atoms with Crippen LogP contribution in [-0.4, -0.2) is 14.7 Å². The molecule has 4 heteroatoms. The first-order valence-corrected chi connectivity index (χ1v) is 5.52. The van der Waals surface area contributed by atoms with Gasteiger partial charge in [-0.05, 0) is 18.6 Å². The van der Waals surface area contributed by atoms with E-state index < -0.39 is 0 Å². The van der Waals surface area contributed by atoms with Crippen LogP contribution in [0.4, 0.5) is 0 Å². The number of aliphatic hydroxyl groups excluding tert-OH is 1. The van der Waals surface area contributed by atoms with E-state index in [2.05, 4.69) is 16.5 Å². The van der Waals surface area contributed by atoms with Crippen molar-refractivity contribution in [2.75, 3.05) is 0 Å². The van der Waals surface area contributed by atoms with Crippen molar-refractivity contribution in [3.63, 3.8) is 0 Å². The first kappa shape index (κ1) is 11.0. The van der Waals surface area contributed by atoms with Crippen molar-refractivity contribution in [2.45, 2.75) is 32.9 Å². The van der Waals surface area contributed by atoms with Crippen LogP contribution in [0.2, 0.25) is 0 Å². The van der Waals surface area contributed by atoms with Crippen LogP contribution in [0.5, 0.6) is 0 Å². The highest BCUT2D eigenvalue weighted by atomic mass is 16.4. The lowest BCUT2D eigenvalue weighted by Crippen LogP contribution is -2.03. The topological polar surface area (TPSA) is 51.2 Å². The molecule has 0 bridgehead atoms. The van der Waals surface area contributed by atoms with E-state index in [4.69, 9.17) is 9.52 Å². The second-order valence-corrected chi connectivity index (χ2v) is 3.75. The van der Waals surface area contributed by atoms with Crippen molar-refractivity contribution < 1.29 is 9.52 Å². The van der Waals surface area contributed by atoms with Crippen LogP contribution in [0.1, 0.15) is 30.7 Å². The maximum absolute atomic E-state index is 8.90. The quantitative estimate of drug-likeness (QED) is 0.838. The van der Waals surface area contributed by atoms with Crippen molar-refractivity contribution in [1.29, 1.82) is 0 Å². The lowest BCUT2D eigenvalue weighted by Gasteiger charge is -2.04. The molecule has 16 heavy (non-hydrogen) atoms. The van der Waals surface area contributed by atoms with E-state index >= 15 is 0 Å². The summed E-state index contributed by atoms with van der Waals surface area (Å²) in [5, 5.41) is 8.90. The predicted octanol–water partition coefficient (Wildman–Crippen LogP) is 1.97. The molecule has 0 spiro atoms. The van der Waals surface area contributed by atoms with Gasteiger partial charge in [0.15, 0.2) is 0 Å². The molecule has 0 aliphatic heterocycles. The number of rotatable bonds is 5. The number of aromatic nitrogens is 2. The molecule has 0 saturated carbocycles. The number of aliphatic hydroxyl groups is 1. The molecule has 0 fully saturated rings. The van der Waals surface area contributed by atoms with Gasteiger partial charge in [0.2, 0.25) is 0 Å². The maximum atomic E-state index is 8.90. The van der Waals surface area contributed by atoms with Crippen LogP contribution in [0.25, 0.3) is 0 Å². The second kappa shape index (κ2) is 4.99. The molecule has 0 aliphatic rings. The zero-order valence-electron chi connectivity index (χ0n) is 9.39. The minimum absolute atomic E-state index is 0.0499. The van der Waals surface area contributed by atoms with Gasteiger partial charge in [-0.3, -0.25) is 0 Å². The Morgan fingerprint density at radius 3 is 2.88 bits per heavy atom. The lowest BCUT2D eigenvalue weighted by molar-refractivity contribution is 0.243. The first-order chi connectivity index (χ1) is 7.83. The standard InChI is InChI=1S/C12H16N2O2/c1-2-3-12-13-6-7-14(12)8-10-4-5-11(9-15)16-10/h4-7,15H,2-3,8-9H2,1H3. The maximum Gasteiger partial charge on any atom is 0.129 e. The summed E-state index contributed by atoms with van der Waals surface area (Å²) in [6.45, 7) is 2.76. The first-order valence-electron chi connectivity index (χ1n) is 5.52. The third kappa shape index (κ3) is 2.33. The van der Waals surface area contributed by atoms with Crippen molar-refractivity contribution in [1.82, 2.24) is 9.55 Å². The van der Waals surface area contributed by atoms with Crippen molar-refractivity contribution in [2.24, 2.45) is 0 Å². The van der Waals surface area contributed by atoms with Gasteiger partial charge in [-0.1, -0.05) is 6.92 Å². The molecule has 0 aromatic carbocycles. The van der Waals surface area contributed by atoms with Crippen LogP contribution in [0.15, 0.2) is 28.9 Å². The van der Waals surface area contributed by atoms with Gasteiger partial charge < -0.3 is 14.1 Å². The fraction of sp³-hybridized carbons (Fsp3) is 0.417. The van der Waals surface area contributed by atoms with E-state index in [1.165, 1.54) is 0 Å². The normalized spacial score (nSPS) is 10.9. The Hall–Kier alpha value is -1.55. The molecule has 86 valence electrons. The summed E-state index contributed by atoms with van der Waals surface area (Å²) in [5.41, 5.74) is 0. The highest BCUT2D eigenvalue weighted by Crippen LogP contribution is 2.11. The Labute approximate surface area is 94.5 Å². The molecule has 2 aromatic rings. The molecule has 1 N–H and O–H groups in total. The molecule has 0 saturated heterocycles. The molecule has 4 nitrogen and oxygen atoms in total. The van der Waals surface area contributed by atoms with Crippen LogP contribution in [0.3, 0.4) is 0 Å². The van der Waals surface area contributed by atoms with Gasteiger partial charge in [-0.25, -0.2) is 4.98 Å². The fourth-order valence-corrected chi connectivity index (χ4v) is 1.70. The predicted molar refractivity (Wildman–Crippen MR) is 60.0 cm³/mol. The van der Waals surface area contributed by atoms with E-state index in [-0.39, 0.29) is 6.61 Å². The monoisotopic (exact) mass is 220 g/mol. The number of nitrogens with zero attached hydrogens (tertiary/aromatic N) is 2. The molecule has 0 amide bonds. The van der Waals surface area contributed by atoms with Crippen LogP contribution < -0.4 is 0 Å². The summed E-state index contributed by atoms with van der Waals surface area (Å²) in [4.78, 5) is 4.30. The number of aryl methyl sites for hydroxylation is 1. The molecule has 2 aromatic heterocycles. The average Bonchev–Trinajstić information content (AvgIpc) is 2.90. The Bertz CT molecular complexity index is 445. The fourth-order valence-electron chi connectivity index (χ4n) is 1.70. The summed E-state index contributed by atoms with van der Waals surface area (Å²) >= 11 is 0. The minimum atomic E-state index is -0.0499. The summed E-state index contributed by atoms with van der Waals surface area (Å²) in [6, 6.07) is 3.69. The summed E-state index contributed by atoms with van der Waals surface area (Å²) in [7, 11) is 0. The van der Waals surface area contributed by atoms with Crippen molar-refractivity contribution in [3.05, 3.63) is 41.9 Å². The molecule has 0 aliphatic carbocycles. The third-order valence-corrected chi connectivity index (χ3v) is 2.47. The van der Waals surface area contributed by atoms with Crippen molar-refractivity contribution in [3.8, 4) is 0 Å². The molecule has 2 rings (SSSR count). The van der Waals surface area contributed by atoms with Crippen LogP contribution >= 0.6 is 0 Å². The highest BCUT2D eigenvalue weighted by Gasteiger charge is 2.05. The van der Waals surface area contributed by atoms with Crippen molar-refractivity contribution >= 4 is 0 Å². The number of hydrogen-bond donors (Lipinski definition) is 1. The summed E-state index contributed by atoms with van der Waals surface area (Å²) in [5.74, 6) is 2.52. The Morgan fingerprint density at radius 2 is 2.19 bits per heavy atom. The van der Waals surface area contributed by atoms with Crippen LogP contribution in [-0.2, 0) is 19.6 Å². The largest absolute Gasteiger partial charge is 0.462 e. The number of hydrogen-bond acceptors (Lipinski definition) is 3. The van der Waals surface area contributed by atoms with Gasteiger partial charge in [-0.15, -0.1) is 0 Å². The smallest absolute Gasteiger partial charge is 0.129 e. The molecule has 0 unspecified atom stereocenters. The average molecular weight is 220 g/mol. The number of furan rings is 1. The van der Waals surface area contributed by atoms with Gasteiger partial charge in [0.25, 0.3) is 0 Å². The second-order valence-electron chi connectivity index (χ2n) is 3.75. The zero-order chi connectivity index (χ0) is 11.4. The van der Waals surface area contributed by atoms with E-state index in [1.54, 1.807) is 12.3 Å². The summed E-state index contributed by atoms with van der Waals surface area (Å²) < 4.78 is 7.51. The SMILES string of the molecule is CCCc1nccn1Cc1ccc(CO)o1. The molecule has 2 heterocycles. The Kier molecular flexibility index (Phi) is 3.41. The van der Waals surface area contributed by atoms with E-state index in [1.807, 2.05) is 12.3 Å². The zero-order valence-corrected chi connectivity index (χ0v) is 9.39. The van der Waals surface area contributed by atoms with Gasteiger partial charge in [0.05, 0.1) is 6.54 Å². The van der Waals surface area contributed by atoms with E-state index in [0.717, 1.165) is 24.4 Å². The van der Waals surface area contributed by atoms with Gasteiger partial charge in [0.1, 0.15) is 24.0 Å². The number of imidazole rings is 1. The van der Waals surface area contributed by atoms with E-state index in [0.29, 0.717) is 12.3 Å². The summed E-state index contributed by atoms with van der Waals surface area (Å²) in [6.07, 6.45) is 5.81. The van der Waals surface area contributed by atoms with E-state index in [9.17, 15) is 0 Å².